The van der Waals surface area contributed by atoms with Gasteiger partial charge in [0.05, 0.1) is 0 Å². The van der Waals surface area contributed by atoms with Gasteiger partial charge in [0.15, 0.2) is 5.65 Å². The van der Waals surface area contributed by atoms with Gasteiger partial charge in [-0.25, -0.2) is 19.3 Å². The summed E-state index contributed by atoms with van der Waals surface area (Å²) in [6.45, 7) is 8.03. The normalized spacial score (nSPS) is 11.7. The van der Waals surface area contributed by atoms with Crippen molar-refractivity contribution in [2.24, 2.45) is 0 Å². The maximum atomic E-state index is 11.5. The second-order valence-electron chi connectivity index (χ2n) is 5.27. The third-order valence-electron chi connectivity index (χ3n) is 3.45. The van der Waals surface area contributed by atoms with Crippen LogP contribution in [0.2, 0.25) is 0 Å². The average Bonchev–Trinajstić information content (AvgIpc) is 2.76. The minimum atomic E-state index is -0.255. The lowest BCUT2D eigenvalue weighted by atomic mass is 10.3. The number of hydrogen-bond donors (Lipinski definition) is 2. The van der Waals surface area contributed by atoms with Crippen molar-refractivity contribution in [2.75, 3.05) is 25.5 Å². The highest BCUT2D eigenvalue weighted by Gasteiger charge is 2.07. The first kappa shape index (κ1) is 14.5. The largest absolute Gasteiger partial charge is 0.370 e. The number of hydrogen-bond acceptors (Lipinski definition) is 5. The number of aromatic nitrogens is 4. The second-order valence-corrected chi connectivity index (χ2v) is 5.27. The van der Waals surface area contributed by atoms with Crippen LogP contribution in [0.1, 0.15) is 26.1 Å². The summed E-state index contributed by atoms with van der Waals surface area (Å²) < 4.78 is 1.46. The zero-order valence-corrected chi connectivity index (χ0v) is 12.5. The molecule has 0 aliphatic carbocycles. The molecule has 2 rings (SSSR count). The van der Waals surface area contributed by atoms with Crippen molar-refractivity contribution >= 4 is 11.5 Å². The number of H-pyrrole nitrogens is 1. The number of rotatable bonds is 6. The Morgan fingerprint density at radius 3 is 2.95 bits per heavy atom. The van der Waals surface area contributed by atoms with Gasteiger partial charge in [-0.1, -0.05) is 0 Å². The first-order valence-electron chi connectivity index (χ1n) is 6.88. The molecular weight excluding hydrogens is 256 g/mol. The molecule has 2 N–H and O–H groups in total. The molecule has 20 heavy (non-hydrogen) atoms. The predicted octanol–water partition coefficient (Wildman–Crippen LogP) is 0.868. The molecule has 0 fully saturated rings. The number of nitrogens with one attached hydrogen (secondary N) is 2. The number of fused-ring (bicyclic) bond motifs is 1. The quantitative estimate of drug-likeness (QED) is 0.767. The fraction of sp³-hybridized carbons (Fsp3) is 0.615. The topological polar surface area (TPSA) is 78.3 Å². The fourth-order valence-electron chi connectivity index (χ4n) is 1.99. The van der Waals surface area contributed by atoms with E-state index in [4.69, 9.17) is 0 Å². The Hall–Kier alpha value is -1.89. The number of aromatic amines is 1. The van der Waals surface area contributed by atoms with Crippen molar-refractivity contribution in [1.82, 2.24) is 24.5 Å². The molecule has 0 aliphatic rings. The van der Waals surface area contributed by atoms with E-state index in [9.17, 15) is 4.79 Å². The molecule has 0 radical (unpaired) electrons. The molecule has 0 unspecified atom stereocenters. The third kappa shape index (κ3) is 3.16. The highest BCUT2D eigenvalue weighted by molar-refractivity contribution is 5.49. The Labute approximate surface area is 118 Å². The molecule has 2 aromatic rings. The van der Waals surface area contributed by atoms with Gasteiger partial charge in [0.25, 0.3) is 0 Å². The van der Waals surface area contributed by atoms with E-state index in [1.807, 2.05) is 0 Å². The van der Waals surface area contributed by atoms with Crippen LogP contribution in [-0.4, -0.2) is 50.7 Å². The zero-order valence-electron chi connectivity index (χ0n) is 12.5. The number of nitrogens with zero attached hydrogens (tertiary/aromatic N) is 4. The van der Waals surface area contributed by atoms with E-state index < -0.39 is 0 Å². The predicted molar refractivity (Wildman–Crippen MR) is 79.2 cm³/mol. The average molecular weight is 278 g/mol. The van der Waals surface area contributed by atoms with Crippen molar-refractivity contribution < 1.29 is 0 Å². The molecule has 110 valence electrons. The van der Waals surface area contributed by atoms with Crippen molar-refractivity contribution in [3.8, 4) is 0 Å². The molecule has 0 amide bonds. The summed E-state index contributed by atoms with van der Waals surface area (Å²) >= 11 is 0. The lowest BCUT2D eigenvalue weighted by Crippen LogP contribution is -2.28. The molecule has 0 atom stereocenters. The molecule has 0 bridgehead atoms. The number of anilines is 1. The van der Waals surface area contributed by atoms with Crippen LogP contribution in [0.3, 0.4) is 0 Å². The summed E-state index contributed by atoms with van der Waals surface area (Å²) in [4.78, 5) is 18.2. The van der Waals surface area contributed by atoms with Crippen molar-refractivity contribution in [3.63, 3.8) is 0 Å². The lowest BCUT2D eigenvalue weighted by Gasteiger charge is -2.20. The van der Waals surface area contributed by atoms with Crippen LogP contribution >= 0.6 is 0 Å². The van der Waals surface area contributed by atoms with Crippen LogP contribution in [0.15, 0.2) is 10.9 Å². The highest BCUT2D eigenvalue weighted by atomic mass is 16.1. The van der Waals surface area contributed by atoms with Crippen LogP contribution < -0.4 is 11.0 Å². The van der Waals surface area contributed by atoms with E-state index in [-0.39, 0.29) is 5.69 Å². The van der Waals surface area contributed by atoms with Crippen molar-refractivity contribution in [2.45, 2.75) is 33.2 Å². The molecule has 0 spiro atoms. The molecule has 7 nitrogen and oxygen atoms in total. The molecule has 2 heterocycles. The summed E-state index contributed by atoms with van der Waals surface area (Å²) in [6, 6.07) is 2.33. The minimum absolute atomic E-state index is 0.255. The van der Waals surface area contributed by atoms with Crippen molar-refractivity contribution in [3.05, 3.63) is 22.4 Å². The molecule has 0 aliphatic heterocycles. The van der Waals surface area contributed by atoms with Gasteiger partial charge in [-0.2, -0.15) is 5.10 Å². The fourth-order valence-corrected chi connectivity index (χ4v) is 1.99. The number of aryl methyl sites for hydroxylation is 1. The van der Waals surface area contributed by atoms with Crippen LogP contribution in [0.25, 0.3) is 5.65 Å². The third-order valence-corrected chi connectivity index (χ3v) is 3.45. The molecule has 0 saturated carbocycles. The van der Waals surface area contributed by atoms with E-state index in [0.717, 1.165) is 25.3 Å². The zero-order chi connectivity index (χ0) is 14.7. The lowest BCUT2D eigenvalue weighted by molar-refractivity contribution is 0.273. The minimum Gasteiger partial charge on any atom is -0.370 e. The van der Waals surface area contributed by atoms with E-state index >= 15 is 0 Å². The SMILES string of the molecule is Cc1nc(NCCCN(C)C(C)C)cc2n[nH]c(=O)n12. The molecule has 2 aromatic heterocycles. The Balaban J connectivity index is 1.95. The Morgan fingerprint density at radius 2 is 2.25 bits per heavy atom. The van der Waals surface area contributed by atoms with E-state index in [2.05, 4.69) is 46.3 Å². The smallest absolute Gasteiger partial charge is 0.349 e. The summed E-state index contributed by atoms with van der Waals surface area (Å²) in [5.41, 5.74) is 0.333. The van der Waals surface area contributed by atoms with Crippen molar-refractivity contribution in [1.29, 1.82) is 0 Å². The second kappa shape index (κ2) is 6.04. The van der Waals surface area contributed by atoms with E-state index in [1.54, 1.807) is 13.0 Å². The molecule has 7 heteroatoms. The summed E-state index contributed by atoms with van der Waals surface area (Å²) in [5.74, 6) is 1.38. The highest BCUT2D eigenvalue weighted by Crippen LogP contribution is 2.07. The van der Waals surface area contributed by atoms with Gasteiger partial charge in [0.2, 0.25) is 0 Å². The van der Waals surface area contributed by atoms with Crippen LogP contribution in [0.4, 0.5) is 5.82 Å². The summed E-state index contributed by atoms with van der Waals surface area (Å²) in [5, 5.41) is 9.65. The molecular formula is C13H22N6O. The first-order chi connectivity index (χ1) is 9.49. The molecule has 0 saturated heterocycles. The van der Waals surface area contributed by atoms with Crippen LogP contribution in [-0.2, 0) is 0 Å². The van der Waals surface area contributed by atoms with Gasteiger partial charge in [0.1, 0.15) is 11.6 Å². The Kier molecular flexibility index (Phi) is 4.39. The monoisotopic (exact) mass is 278 g/mol. The summed E-state index contributed by atoms with van der Waals surface area (Å²) in [7, 11) is 2.12. The van der Waals surface area contributed by atoms with Gasteiger partial charge in [-0.05, 0) is 40.8 Å². The van der Waals surface area contributed by atoms with E-state index in [0.29, 0.717) is 17.5 Å². The van der Waals surface area contributed by atoms with Crippen LogP contribution in [0, 0.1) is 6.92 Å². The van der Waals surface area contributed by atoms with Gasteiger partial charge in [-0.3, -0.25) is 0 Å². The Morgan fingerprint density at radius 1 is 1.50 bits per heavy atom. The standard InChI is InChI=1S/C13H22N6O/c1-9(2)18(4)7-5-6-14-11-8-12-16-17-13(20)19(12)10(3)15-11/h8-9,14H,5-7H2,1-4H3,(H,17,20). The maximum Gasteiger partial charge on any atom is 0.349 e. The first-order valence-corrected chi connectivity index (χ1v) is 6.88. The van der Waals surface area contributed by atoms with Gasteiger partial charge < -0.3 is 10.2 Å². The summed E-state index contributed by atoms with van der Waals surface area (Å²) in [6.07, 6.45) is 1.04. The molecule has 0 aromatic carbocycles. The maximum absolute atomic E-state index is 11.5. The van der Waals surface area contributed by atoms with Crippen LogP contribution in [0.5, 0.6) is 0 Å². The van der Waals surface area contributed by atoms with Gasteiger partial charge in [0, 0.05) is 18.7 Å². The Bertz CT molecular complexity index is 629. The van der Waals surface area contributed by atoms with Gasteiger partial charge >= 0.3 is 5.69 Å². The van der Waals surface area contributed by atoms with E-state index in [1.165, 1.54) is 4.40 Å². The van der Waals surface area contributed by atoms with Gasteiger partial charge in [-0.15, -0.1) is 0 Å².